The normalized spacial score (nSPS) is 12.7. The van der Waals surface area contributed by atoms with Crippen LogP contribution in [0.3, 0.4) is 0 Å². The van der Waals surface area contributed by atoms with Crippen LogP contribution in [-0.2, 0) is 0 Å². The van der Waals surface area contributed by atoms with Crippen LogP contribution in [-0.4, -0.2) is 27.7 Å². The molecule has 0 unspecified atom stereocenters. The molecule has 0 fully saturated rings. The van der Waals surface area contributed by atoms with Crippen LogP contribution in [0.25, 0.3) is 0 Å². The standard InChI is InChI=1S/C22H17N3O3S2/c1-12-13(2)30-20(23-19(29)14-8-4-3-5-9-14)17(12)18(26)24-25-21(27)15-10-6-7-11-16(15)22(25)28/h3-11H,1-2H3,(H,23,29)(H,24,26). The van der Waals surface area contributed by atoms with Crippen molar-refractivity contribution in [2.45, 2.75) is 13.8 Å². The highest BCUT2D eigenvalue weighted by Crippen LogP contribution is 2.33. The number of nitrogens with zero attached hydrogens (tertiary/aromatic N) is 1. The predicted molar refractivity (Wildman–Crippen MR) is 120 cm³/mol. The minimum Gasteiger partial charge on any atom is -0.337 e. The van der Waals surface area contributed by atoms with Crippen molar-refractivity contribution in [2.75, 3.05) is 5.32 Å². The first-order chi connectivity index (χ1) is 14.4. The molecule has 0 saturated heterocycles. The van der Waals surface area contributed by atoms with E-state index in [4.69, 9.17) is 12.2 Å². The summed E-state index contributed by atoms with van der Waals surface area (Å²) in [5, 5.41) is 4.46. The monoisotopic (exact) mass is 435 g/mol. The molecule has 0 atom stereocenters. The lowest BCUT2D eigenvalue weighted by Crippen LogP contribution is -2.46. The van der Waals surface area contributed by atoms with E-state index in [0.717, 1.165) is 21.0 Å². The Morgan fingerprint density at radius 1 is 0.933 bits per heavy atom. The Labute approximate surface area is 182 Å². The highest BCUT2D eigenvalue weighted by Gasteiger charge is 2.37. The van der Waals surface area contributed by atoms with E-state index in [0.29, 0.717) is 15.6 Å². The van der Waals surface area contributed by atoms with Crippen LogP contribution in [0.1, 0.15) is 47.1 Å². The summed E-state index contributed by atoms with van der Waals surface area (Å²) in [5.74, 6) is -1.66. The van der Waals surface area contributed by atoms with E-state index in [-0.39, 0.29) is 11.1 Å². The van der Waals surface area contributed by atoms with Crippen molar-refractivity contribution < 1.29 is 14.4 Å². The third kappa shape index (κ3) is 3.40. The van der Waals surface area contributed by atoms with Crippen molar-refractivity contribution in [3.05, 3.63) is 87.3 Å². The van der Waals surface area contributed by atoms with E-state index in [9.17, 15) is 14.4 Å². The molecule has 0 saturated carbocycles. The molecule has 6 nitrogen and oxygen atoms in total. The molecule has 150 valence electrons. The number of aryl methyl sites for hydroxylation is 1. The second-order valence-electron chi connectivity index (χ2n) is 6.74. The van der Waals surface area contributed by atoms with E-state index < -0.39 is 17.7 Å². The summed E-state index contributed by atoms with van der Waals surface area (Å²) in [5.41, 5.74) is 4.94. The Kier molecular flexibility index (Phi) is 5.19. The third-order valence-corrected chi connectivity index (χ3v) is 6.34. The topological polar surface area (TPSA) is 78.5 Å². The number of hydrazine groups is 1. The van der Waals surface area contributed by atoms with Crippen LogP contribution in [0.15, 0.2) is 54.6 Å². The number of fused-ring (bicyclic) bond motifs is 1. The van der Waals surface area contributed by atoms with Crippen molar-refractivity contribution in [2.24, 2.45) is 0 Å². The Hall–Kier alpha value is -3.36. The zero-order chi connectivity index (χ0) is 21.4. The number of carbonyl (C=O) groups excluding carboxylic acids is 3. The minimum atomic E-state index is -0.553. The van der Waals surface area contributed by atoms with Gasteiger partial charge in [0, 0.05) is 10.4 Å². The van der Waals surface area contributed by atoms with Gasteiger partial charge in [0.1, 0.15) is 9.99 Å². The van der Waals surface area contributed by atoms with Crippen molar-refractivity contribution >= 4 is 51.3 Å². The molecule has 4 rings (SSSR count). The molecule has 0 bridgehead atoms. The maximum absolute atomic E-state index is 13.1. The quantitative estimate of drug-likeness (QED) is 0.477. The van der Waals surface area contributed by atoms with E-state index in [1.165, 1.54) is 11.3 Å². The number of hydrogen-bond donors (Lipinski definition) is 2. The molecular weight excluding hydrogens is 418 g/mol. The molecule has 3 amide bonds. The maximum atomic E-state index is 13.1. The van der Waals surface area contributed by atoms with Crippen molar-refractivity contribution in [1.29, 1.82) is 0 Å². The van der Waals surface area contributed by atoms with Gasteiger partial charge in [-0.3, -0.25) is 19.8 Å². The van der Waals surface area contributed by atoms with Gasteiger partial charge < -0.3 is 5.32 Å². The molecule has 1 aliphatic rings. The van der Waals surface area contributed by atoms with Gasteiger partial charge in [-0.2, -0.15) is 5.01 Å². The SMILES string of the molecule is Cc1sc(NC(=S)c2ccccc2)c(C(=O)NN2C(=O)c3ccccc3C2=O)c1C. The fourth-order valence-corrected chi connectivity index (χ4v) is 4.57. The average Bonchev–Trinajstić information content (AvgIpc) is 3.16. The molecule has 2 heterocycles. The summed E-state index contributed by atoms with van der Waals surface area (Å²) in [4.78, 5) is 39.6. The lowest BCUT2D eigenvalue weighted by molar-refractivity contribution is 0.0518. The highest BCUT2D eigenvalue weighted by atomic mass is 32.1. The molecular formula is C22H17N3O3S2. The summed E-state index contributed by atoms with van der Waals surface area (Å²) in [6, 6.07) is 15.9. The van der Waals surface area contributed by atoms with E-state index >= 15 is 0 Å². The lowest BCUT2D eigenvalue weighted by Gasteiger charge is -2.16. The number of benzene rings is 2. The van der Waals surface area contributed by atoms with E-state index in [1.54, 1.807) is 24.3 Å². The molecule has 0 radical (unpaired) electrons. The van der Waals surface area contributed by atoms with Crippen LogP contribution >= 0.6 is 23.6 Å². The number of carbonyl (C=O) groups is 3. The average molecular weight is 436 g/mol. The number of thiocarbonyl (C=S) groups is 1. The molecule has 3 aromatic rings. The van der Waals surface area contributed by atoms with Crippen molar-refractivity contribution in [3.8, 4) is 0 Å². The van der Waals surface area contributed by atoms with Gasteiger partial charge >= 0.3 is 0 Å². The zero-order valence-corrected chi connectivity index (χ0v) is 17.8. The van der Waals surface area contributed by atoms with E-state index in [2.05, 4.69) is 10.7 Å². The molecule has 1 aromatic heterocycles. The predicted octanol–water partition coefficient (Wildman–Crippen LogP) is 4.09. The first-order valence-electron chi connectivity index (χ1n) is 9.13. The summed E-state index contributed by atoms with van der Waals surface area (Å²) in [7, 11) is 0. The molecule has 2 N–H and O–H groups in total. The minimum absolute atomic E-state index is 0.268. The van der Waals surface area contributed by atoms with Gasteiger partial charge in [-0.15, -0.1) is 11.3 Å². The zero-order valence-electron chi connectivity index (χ0n) is 16.2. The van der Waals surface area contributed by atoms with Gasteiger partial charge in [-0.1, -0.05) is 54.7 Å². The Bertz CT molecular complexity index is 1170. The molecule has 30 heavy (non-hydrogen) atoms. The van der Waals surface area contributed by atoms with Gasteiger partial charge in [-0.05, 0) is 31.5 Å². The van der Waals surface area contributed by atoms with Gasteiger partial charge in [-0.25, -0.2) is 0 Å². The van der Waals surface area contributed by atoms with Gasteiger partial charge in [0.05, 0.1) is 16.7 Å². The summed E-state index contributed by atoms with van der Waals surface area (Å²) < 4.78 is 0. The van der Waals surface area contributed by atoms with Crippen LogP contribution in [0.4, 0.5) is 5.00 Å². The van der Waals surface area contributed by atoms with Gasteiger partial charge in [0.2, 0.25) is 0 Å². The van der Waals surface area contributed by atoms with Crippen LogP contribution in [0.2, 0.25) is 0 Å². The number of hydrogen-bond acceptors (Lipinski definition) is 5. The third-order valence-electron chi connectivity index (χ3n) is 4.88. The second-order valence-corrected chi connectivity index (χ2v) is 8.37. The molecule has 1 aliphatic heterocycles. The molecule has 8 heteroatoms. The molecule has 0 aliphatic carbocycles. The first kappa shape index (κ1) is 19.9. The lowest BCUT2D eigenvalue weighted by atomic mass is 10.1. The highest BCUT2D eigenvalue weighted by molar-refractivity contribution is 7.81. The molecule has 2 aromatic carbocycles. The first-order valence-corrected chi connectivity index (χ1v) is 10.4. The largest absolute Gasteiger partial charge is 0.337 e. The van der Waals surface area contributed by atoms with E-state index in [1.807, 2.05) is 44.2 Å². The smallest absolute Gasteiger partial charge is 0.280 e. The number of nitrogens with one attached hydrogen (secondary N) is 2. The van der Waals surface area contributed by atoms with Crippen LogP contribution < -0.4 is 10.7 Å². The fraction of sp³-hybridized carbons (Fsp3) is 0.0909. The number of imide groups is 1. The Balaban J connectivity index is 1.60. The number of anilines is 1. The number of thiophene rings is 1. The van der Waals surface area contributed by atoms with Crippen molar-refractivity contribution in [1.82, 2.24) is 10.4 Å². The van der Waals surface area contributed by atoms with Crippen molar-refractivity contribution in [3.63, 3.8) is 0 Å². The van der Waals surface area contributed by atoms with Gasteiger partial charge in [0.25, 0.3) is 17.7 Å². The Morgan fingerprint density at radius 3 is 2.10 bits per heavy atom. The maximum Gasteiger partial charge on any atom is 0.280 e. The molecule has 0 spiro atoms. The summed E-state index contributed by atoms with van der Waals surface area (Å²) in [6.45, 7) is 3.72. The summed E-state index contributed by atoms with van der Waals surface area (Å²) in [6.07, 6.45) is 0. The summed E-state index contributed by atoms with van der Waals surface area (Å²) >= 11 is 6.87. The number of rotatable bonds is 4. The van der Waals surface area contributed by atoms with Gasteiger partial charge in [0.15, 0.2) is 0 Å². The Morgan fingerprint density at radius 2 is 1.50 bits per heavy atom. The van der Waals surface area contributed by atoms with Crippen LogP contribution in [0, 0.1) is 13.8 Å². The number of amides is 3. The van der Waals surface area contributed by atoms with Crippen LogP contribution in [0.5, 0.6) is 0 Å². The second kappa shape index (κ2) is 7.81. The fourth-order valence-electron chi connectivity index (χ4n) is 3.20.